The third-order valence-electron chi connectivity index (χ3n) is 4.60. The largest absolute Gasteiger partial charge is 0.495 e. The standard InChI is InChI=1S/C20H16Cl2N4O3/c1-29-17-7-6-13(22)8-15(17)24-20(28)16-9-18(27)25-19-14(10-23-26(16)19)11-2-4-12(21)5-3-11/h2-8,10,16H,9H2,1H3,(H,24,28)(H,25,27)/t16-/m1/s1. The maximum absolute atomic E-state index is 13.0. The number of aromatic nitrogens is 2. The molecule has 3 aromatic rings. The lowest BCUT2D eigenvalue weighted by atomic mass is 10.1. The van der Waals surface area contributed by atoms with Gasteiger partial charge in [0.25, 0.3) is 0 Å². The van der Waals surface area contributed by atoms with E-state index in [1.807, 2.05) is 12.1 Å². The van der Waals surface area contributed by atoms with Gasteiger partial charge in [0, 0.05) is 15.6 Å². The summed E-state index contributed by atoms with van der Waals surface area (Å²) in [5.74, 6) is 0.256. The molecule has 2 N–H and O–H groups in total. The molecule has 7 nitrogen and oxygen atoms in total. The summed E-state index contributed by atoms with van der Waals surface area (Å²) in [5.41, 5.74) is 1.95. The van der Waals surface area contributed by atoms with Crippen LogP contribution in [-0.2, 0) is 9.59 Å². The molecule has 0 radical (unpaired) electrons. The summed E-state index contributed by atoms with van der Waals surface area (Å²) < 4.78 is 6.78. The van der Waals surface area contributed by atoms with Crippen molar-refractivity contribution >= 4 is 46.5 Å². The molecule has 9 heteroatoms. The number of benzene rings is 2. The van der Waals surface area contributed by atoms with Crippen LogP contribution in [-0.4, -0.2) is 28.7 Å². The third kappa shape index (κ3) is 3.79. The highest BCUT2D eigenvalue weighted by Crippen LogP contribution is 2.35. The summed E-state index contributed by atoms with van der Waals surface area (Å²) in [4.78, 5) is 25.3. The van der Waals surface area contributed by atoms with Crippen molar-refractivity contribution in [2.75, 3.05) is 17.7 Å². The zero-order chi connectivity index (χ0) is 20.5. The summed E-state index contributed by atoms with van der Waals surface area (Å²) >= 11 is 12.0. The van der Waals surface area contributed by atoms with Crippen LogP contribution in [0.4, 0.5) is 11.5 Å². The van der Waals surface area contributed by atoms with Crippen molar-refractivity contribution in [3.63, 3.8) is 0 Å². The Bertz CT molecular complexity index is 1100. The summed E-state index contributed by atoms with van der Waals surface area (Å²) in [5, 5.41) is 11.0. The molecule has 2 aromatic carbocycles. The van der Waals surface area contributed by atoms with E-state index in [9.17, 15) is 9.59 Å². The summed E-state index contributed by atoms with van der Waals surface area (Å²) in [6, 6.07) is 11.2. The Kier molecular flexibility index (Phi) is 5.17. The van der Waals surface area contributed by atoms with Gasteiger partial charge >= 0.3 is 0 Å². The molecule has 2 amide bonds. The first-order valence-corrected chi connectivity index (χ1v) is 9.49. The molecule has 1 aliphatic rings. The Labute approximate surface area is 176 Å². The van der Waals surface area contributed by atoms with Crippen LogP contribution in [0.2, 0.25) is 10.0 Å². The zero-order valence-electron chi connectivity index (χ0n) is 15.3. The van der Waals surface area contributed by atoms with E-state index in [0.717, 1.165) is 5.56 Å². The summed E-state index contributed by atoms with van der Waals surface area (Å²) in [6.07, 6.45) is 1.58. The number of hydrogen-bond donors (Lipinski definition) is 2. The van der Waals surface area contributed by atoms with E-state index in [1.54, 1.807) is 36.5 Å². The normalized spacial score (nSPS) is 15.4. The SMILES string of the molecule is COc1ccc(Cl)cc1NC(=O)[C@H]1CC(=O)Nc2c(-c3ccc(Cl)cc3)cnn21. The second kappa shape index (κ2) is 7.77. The number of amides is 2. The molecule has 0 saturated carbocycles. The number of hydrogen-bond acceptors (Lipinski definition) is 4. The van der Waals surface area contributed by atoms with Crippen molar-refractivity contribution in [3.8, 4) is 16.9 Å². The Morgan fingerprint density at radius 3 is 2.66 bits per heavy atom. The van der Waals surface area contributed by atoms with E-state index in [0.29, 0.717) is 32.9 Å². The van der Waals surface area contributed by atoms with Crippen molar-refractivity contribution in [1.29, 1.82) is 0 Å². The van der Waals surface area contributed by atoms with E-state index < -0.39 is 11.9 Å². The number of methoxy groups -OCH3 is 1. The van der Waals surface area contributed by atoms with E-state index >= 15 is 0 Å². The van der Waals surface area contributed by atoms with Crippen molar-refractivity contribution in [2.45, 2.75) is 12.5 Å². The van der Waals surface area contributed by atoms with Crippen molar-refractivity contribution in [1.82, 2.24) is 9.78 Å². The lowest BCUT2D eigenvalue weighted by Crippen LogP contribution is -2.35. The number of halogens is 2. The quantitative estimate of drug-likeness (QED) is 0.642. The molecule has 0 saturated heterocycles. The van der Waals surface area contributed by atoms with Gasteiger partial charge in [0.2, 0.25) is 11.8 Å². The number of rotatable bonds is 4. The molecule has 0 bridgehead atoms. The lowest BCUT2D eigenvalue weighted by Gasteiger charge is -2.25. The first-order valence-electron chi connectivity index (χ1n) is 8.74. The minimum absolute atomic E-state index is 0.0382. The fourth-order valence-electron chi connectivity index (χ4n) is 3.21. The van der Waals surface area contributed by atoms with Gasteiger partial charge < -0.3 is 15.4 Å². The minimum Gasteiger partial charge on any atom is -0.495 e. The Morgan fingerprint density at radius 1 is 1.21 bits per heavy atom. The van der Waals surface area contributed by atoms with Crippen molar-refractivity contribution in [2.24, 2.45) is 0 Å². The molecule has 1 atom stereocenters. The van der Waals surface area contributed by atoms with Crippen molar-refractivity contribution < 1.29 is 14.3 Å². The fraction of sp³-hybridized carbons (Fsp3) is 0.150. The number of ether oxygens (including phenoxy) is 1. The maximum Gasteiger partial charge on any atom is 0.249 e. The number of fused-ring (bicyclic) bond motifs is 1. The maximum atomic E-state index is 13.0. The van der Waals surface area contributed by atoms with E-state index in [2.05, 4.69) is 15.7 Å². The molecule has 1 aromatic heterocycles. The molecule has 0 aliphatic carbocycles. The highest BCUT2D eigenvalue weighted by Gasteiger charge is 2.33. The third-order valence-corrected chi connectivity index (χ3v) is 5.09. The molecule has 0 spiro atoms. The van der Waals surface area contributed by atoms with Crippen LogP contribution in [0.3, 0.4) is 0 Å². The van der Waals surface area contributed by atoms with Gasteiger partial charge in [-0.2, -0.15) is 5.10 Å². The van der Waals surface area contributed by atoms with Crippen LogP contribution in [0.5, 0.6) is 5.75 Å². The first kappa shape index (κ1) is 19.3. The van der Waals surface area contributed by atoms with Crippen LogP contribution in [0.15, 0.2) is 48.7 Å². The van der Waals surface area contributed by atoms with E-state index in [-0.39, 0.29) is 12.3 Å². The van der Waals surface area contributed by atoms with Gasteiger partial charge in [-0.05, 0) is 35.9 Å². The topological polar surface area (TPSA) is 85.2 Å². The second-order valence-corrected chi connectivity index (χ2v) is 7.33. The zero-order valence-corrected chi connectivity index (χ0v) is 16.8. The van der Waals surface area contributed by atoms with Gasteiger partial charge in [0.05, 0.1) is 25.4 Å². The van der Waals surface area contributed by atoms with Gasteiger partial charge in [0.15, 0.2) is 0 Å². The van der Waals surface area contributed by atoms with Gasteiger partial charge in [-0.3, -0.25) is 9.59 Å². The molecule has 4 rings (SSSR count). The summed E-state index contributed by atoms with van der Waals surface area (Å²) in [7, 11) is 1.50. The van der Waals surface area contributed by atoms with Crippen LogP contribution in [0, 0.1) is 0 Å². The Balaban J connectivity index is 1.67. The van der Waals surface area contributed by atoms with Crippen LogP contribution in [0.25, 0.3) is 11.1 Å². The van der Waals surface area contributed by atoms with Crippen LogP contribution in [0.1, 0.15) is 12.5 Å². The smallest absolute Gasteiger partial charge is 0.249 e. The first-order chi connectivity index (χ1) is 14.0. The highest BCUT2D eigenvalue weighted by molar-refractivity contribution is 6.31. The predicted molar refractivity (Wildman–Crippen MR) is 112 cm³/mol. The molecule has 1 aliphatic heterocycles. The number of nitrogens with one attached hydrogen (secondary N) is 2. The molecule has 29 heavy (non-hydrogen) atoms. The monoisotopic (exact) mass is 430 g/mol. The highest BCUT2D eigenvalue weighted by atomic mass is 35.5. The van der Waals surface area contributed by atoms with E-state index in [4.69, 9.17) is 27.9 Å². The molecular weight excluding hydrogens is 415 g/mol. The summed E-state index contributed by atoms with van der Waals surface area (Å²) in [6.45, 7) is 0. The number of anilines is 2. The van der Waals surface area contributed by atoms with Gasteiger partial charge in [-0.15, -0.1) is 0 Å². The predicted octanol–water partition coefficient (Wildman–Crippen LogP) is 4.39. The number of carbonyl (C=O) groups excluding carboxylic acids is 2. The van der Waals surface area contributed by atoms with Crippen LogP contribution < -0.4 is 15.4 Å². The molecule has 0 fully saturated rings. The second-order valence-electron chi connectivity index (χ2n) is 6.46. The Hall–Kier alpha value is -3.03. The van der Waals surface area contributed by atoms with Gasteiger partial charge in [-0.1, -0.05) is 35.3 Å². The minimum atomic E-state index is -0.816. The van der Waals surface area contributed by atoms with Gasteiger partial charge in [-0.25, -0.2) is 4.68 Å². The average Bonchev–Trinajstić information content (AvgIpc) is 3.11. The van der Waals surface area contributed by atoms with E-state index in [1.165, 1.54) is 11.8 Å². The van der Waals surface area contributed by atoms with Crippen molar-refractivity contribution in [3.05, 3.63) is 58.7 Å². The Morgan fingerprint density at radius 2 is 1.93 bits per heavy atom. The molecule has 148 valence electrons. The lowest BCUT2D eigenvalue weighted by molar-refractivity contribution is -0.125. The molecular formula is C20H16Cl2N4O3. The number of carbonyl (C=O) groups is 2. The average molecular weight is 431 g/mol. The molecule has 0 unspecified atom stereocenters. The van der Waals surface area contributed by atoms with Gasteiger partial charge in [0.1, 0.15) is 17.6 Å². The van der Waals surface area contributed by atoms with Crippen LogP contribution >= 0.6 is 23.2 Å². The molecule has 2 heterocycles. The fourth-order valence-corrected chi connectivity index (χ4v) is 3.50. The number of nitrogens with zero attached hydrogens (tertiary/aromatic N) is 2.